The van der Waals surface area contributed by atoms with Crippen LogP contribution in [-0.2, 0) is 6.42 Å². The van der Waals surface area contributed by atoms with Gasteiger partial charge in [0.15, 0.2) is 0 Å². The van der Waals surface area contributed by atoms with Crippen molar-refractivity contribution >= 4 is 11.3 Å². The van der Waals surface area contributed by atoms with Crippen molar-refractivity contribution in [3.63, 3.8) is 0 Å². The molecule has 2 aromatic rings. The summed E-state index contributed by atoms with van der Waals surface area (Å²) in [5.41, 5.74) is 7.97. The van der Waals surface area contributed by atoms with Crippen molar-refractivity contribution in [1.82, 2.24) is 15.0 Å². The molecule has 2 heterocycles. The van der Waals surface area contributed by atoms with E-state index in [1.165, 1.54) is 17.0 Å². The maximum atomic E-state index is 5.83. The number of nitrogens with two attached hydrogens (primary N) is 1. The van der Waals surface area contributed by atoms with Gasteiger partial charge in [0.1, 0.15) is 16.5 Å². The molecular weight excluding hydrogens is 244 g/mol. The van der Waals surface area contributed by atoms with Crippen LogP contribution in [0.15, 0.2) is 12.3 Å². The minimum Gasteiger partial charge on any atom is -0.330 e. The Bertz CT molecular complexity index is 564. The number of aryl methyl sites for hydroxylation is 2. The van der Waals surface area contributed by atoms with E-state index in [0.717, 1.165) is 29.4 Å². The summed E-state index contributed by atoms with van der Waals surface area (Å²) in [7, 11) is 0. The highest BCUT2D eigenvalue weighted by atomic mass is 32.1. The summed E-state index contributed by atoms with van der Waals surface area (Å²) >= 11 is 1.76. The molecule has 1 aliphatic rings. The number of rotatable bonds is 2. The molecule has 3 rings (SSSR count). The standard InChI is InChI=1S/C13H16N4S/c1-8-15-6-5-10(16-8)13-17-12-9(7-14)3-2-4-11(12)18-13/h5-6,9H,2-4,7,14H2,1H3. The zero-order valence-corrected chi connectivity index (χ0v) is 11.2. The van der Waals surface area contributed by atoms with Crippen LogP contribution in [0.4, 0.5) is 0 Å². The molecule has 0 bridgehead atoms. The van der Waals surface area contributed by atoms with Crippen molar-refractivity contribution in [2.45, 2.75) is 32.1 Å². The third kappa shape index (κ3) is 2.04. The van der Waals surface area contributed by atoms with Crippen molar-refractivity contribution in [1.29, 1.82) is 0 Å². The topological polar surface area (TPSA) is 64.7 Å². The Kier molecular flexibility index (Phi) is 3.09. The average molecular weight is 260 g/mol. The predicted molar refractivity (Wildman–Crippen MR) is 72.6 cm³/mol. The molecule has 0 saturated heterocycles. The van der Waals surface area contributed by atoms with Crippen LogP contribution in [0.1, 0.15) is 35.2 Å². The number of aromatic nitrogens is 3. The number of hydrogen-bond acceptors (Lipinski definition) is 5. The van der Waals surface area contributed by atoms with Gasteiger partial charge in [0.2, 0.25) is 0 Å². The number of hydrogen-bond donors (Lipinski definition) is 1. The first-order valence-electron chi connectivity index (χ1n) is 6.27. The Labute approximate surface area is 110 Å². The van der Waals surface area contributed by atoms with Gasteiger partial charge < -0.3 is 5.73 Å². The molecule has 0 radical (unpaired) electrons. The fraction of sp³-hybridized carbons (Fsp3) is 0.462. The smallest absolute Gasteiger partial charge is 0.142 e. The summed E-state index contributed by atoms with van der Waals surface area (Å²) < 4.78 is 0. The lowest BCUT2D eigenvalue weighted by Gasteiger charge is -2.18. The second kappa shape index (κ2) is 4.74. The second-order valence-corrected chi connectivity index (χ2v) is 5.73. The Morgan fingerprint density at radius 1 is 1.44 bits per heavy atom. The molecule has 0 aliphatic heterocycles. The third-order valence-electron chi connectivity index (χ3n) is 3.35. The molecule has 0 spiro atoms. The minimum absolute atomic E-state index is 0.432. The molecular formula is C13H16N4S. The highest BCUT2D eigenvalue weighted by molar-refractivity contribution is 7.15. The van der Waals surface area contributed by atoms with Gasteiger partial charge in [-0.05, 0) is 32.3 Å². The summed E-state index contributed by atoms with van der Waals surface area (Å²) in [6, 6.07) is 1.93. The van der Waals surface area contributed by atoms with Crippen molar-refractivity contribution < 1.29 is 0 Å². The lowest BCUT2D eigenvalue weighted by Crippen LogP contribution is -2.17. The monoisotopic (exact) mass is 260 g/mol. The van der Waals surface area contributed by atoms with E-state index in [1.54, 1.807) is 17.5 Å². The molecule has 0 amide bonds. The normalized spacial score (nSPS) is 18.7. The fourth-order valence-corrected chi connectivity index (χ4v) is 3.58. The molecule has 0 fully saturated rings. The summed E-state index contributed by atoms with van der Waals surface area (Å²) in [5.74, 6) is 1.22. The number of thiazole rings is 1. The Hall–Kier alpha value is -1.33. The van der Waals surface area contributed by atoms with Gasteiger partial charge in [0.05, 0.1) is 5.69 Å². The summed E-state index contributed by atoms with van der Waals surface area (Å²) in [5, 5.41) is 1.01. The SMILES string of the molecule is Cc1nccc(-c2nc3c(s2)CCCC3CN)n1. The van der Waals surface area contributed by atoms with Crippen molar-refractivity contribution in [3.8, 4) is 10.7 Å². The van der Waals surface area contributed by atoms with E-state index in [0.29, 0.717) is 12.5 Å². The van der Waals surface area contributed by atoms with Gasteiger partial charge in [-0.25, -0.2) is 15.0 Å². The first-order valence-corrected chi connectivity index (χ1v) is 7.09. The van der Waals surface area contributed by atoms with Crippen LogP contribution in [0, 0.1) is 6.92 Å². The molecule has 94 valence electrons. The van der Waals surface area contributed by atoms with Crippen LogP contribution < -0.4 is 5.73 Å². The quantitative estimate of drug-likeness (QED) is 0.899. The number of nitrogens with zero attached hydrogens (tertiary/aromatic N) is 3. The van der Waals surface area contributed by atoms with E-state index in [1.807, 2.05) is 13.0 Å². The molecule has 1 atom stereocenters. The molecule has 5 heteroatoms. The van der Waals surface area contributed by atoms with E-state index in [4.69, 9.17) is 10.7 Å². The summed E-state index contributed by atoms with van der Waals surface area (Å²) in [6.45, 7) is 2.60. The zero-order chi connectivity index (χ0) is 12.5. The van der Waals surface area contributed by atoms with Gasteiger partial charge in [0.25, 0.3) is 0 Å². The lowest BCUT2D eigenvalue weighted by molar-refractivity contribution is 0.554. The van der Waals surface area contributed by atoms with Crippen LogP contribution in [0.2, 0.25) is 0 Å². The molecule has 0 aromatic carbocycles. The van der Waals surface area contributed by atoms with Gasteiger partial charge in [-0.2, -0.15) is 0 Å². The average Bonchev–Trinajstić information content (AvgIpc) is 2.82. The van der Waals surface area contributed by atoms with E-state index >= 15 is 0 Å². The summed E-state index contributed by atoms with van der Waals surface area (Å²) in [6.07, 6.45) is 5.31. The highest BCUT2D eigenvalue weighted by Gasteiger charge is 2.24. The first-order chi connectivity index (χ1) is 8.78. The minimum atomic E-state index is 0.432. The molecule has 1 unspecified atom stereocenters. The maximum Gasteiger partial charge on any atom is 0.142 e. The third-order valence-corrected chi connectivity index (χ3v) is 4.50. The Balaban J connectivity index is 2.02. The molecule has 18 heavy (non-hydrogen) atoms. The van der Waals surface area contributed by atoms with Crippen LogP contribution >= 0.6 is 11.3 Å². The molecule has 1 aliphatic carbocycles. The lowest BCUT2D eigenvalue weighted by atomic mass is 9.91. The Morgan fingerprint density at radius 3 is 3.11 bits per heavy atom. The van der Waals surface area contributed by atoms with Crippen LogP contribution in [-0.4, -0.2) is 21.5 Å². The van der Waals surface area contributed by atoms with Gasteiger partial charge in [-0.15, -0.1) is 11.3 Å². The van der Waals surface area contributed by atoms with Crippen LogP contribution in [0.3, 0.4) is 0 Å². The van der Waals surface area contributed by atoms with Crippen molar-refractivity contribution in [3.05, 3.63) is 28.7 Å². The van der Waals surface area contributed by atoms with Gasteiger partial charge in [-0.3, -0.25) is 0 Å². The van der Waals surface area contributed by atoms with Crippen LogP contribution in [0.25, 0.3) is 10.7 Å². The molecule has 0 saturated carbocycles. The second-order valence-electron chi connectivity index (χ2n) is 4.64. The van der Waals surface area contributed by atoms with E-state index in [2.05, 4.69) is 9.97 Å². The first kappa shape index (κ1) is 11.7. The fourth-order valence-electron chi connectivity index (χ4n) is 2.42. The van der Waals surface area contributed by atoms with Crippen molar-refractivity contribution in [2.75, 3.05) is 6.54 Å². The predicted octanol–water partition coefficient (Wildman–Crippen LogP) is 2.29. The van der Waals surface area contributed by atoms with E-state index in [9.17, 15) is 0 Å². The van der Waals surface area contributed by atoms with E-state index in [-0.39, 0.29) is 0 Å². The summed E-state index contributed by atoms with van der Waals surface area (Å²) in [4.78, 5) is 14.7. The van der Waals surface area contributed by atoms with Gasteiger partial charge >= 0.3 is 0 Å². The van der Waals surface area contributed by atoms with Gasteiger partial charge in [0, 0.05) is 23.5 Å². The highest BCUT2D eigenvalue weighted by Crippen LogP contribution is 2.37. The zero-order valence-electron chi connectivity index (χ0n) is 10.4. The largest absolute Gasteiger partial charge is 0.330 e. The molecule has 2 N–H and O–H groups in total. The molecule has 4 nitrogen and oxygen atoms in total. The van der Waals surface area contributed by atoms with Gasteiger partial charge in [-0.1, -0.05) is 0 Å². The number of fused-ring (bicyclic) bond motifs is 1. The molecule has 2 aromatic heterocycles. The van der Waals surface area contributed by atoms with Crippen molar-refractivity contribution in [2.24, 2.45) is 5.73 Å². The maximum absolute atomic E-state index is 5.83. The van der Waals surface area contributed by atoms with E-state index < -0.39 is 0 Å². The van der Waals surface area contributed by atoms with Crippen LogP contribution in [0.5, 0.6) is 0 Å². The Morgan fingerprint density at radius 2 is 2.33 bits per heavy atom.